The van der Waals surface area contributed by atoms with Gasteiger partial charge in [-0.1, -0.05) is 33.6 Å². The third kappa shape index (κ3) is 4.15. The monoisotopic (exact) mass is 225 g/mol. The Labute approximate surface area is 100 Å². The van der Waals surface area contributed by atoms with E-state index in [1.807, 2.05) is 0 Å². The van der Waals surface area contributed by atoms with Crippen LogP contribution >= 0.6 is 0 Å². The molecule has 0 aromatic carbocycles. The Morgan fingerprint density at radius 2 is 2.12 bits per heavy atom. The molecule has 1 N–H and O–H groups in total. The minimum atomic E-state index is 0.129. The summed E-state index contributed by atoms with van der Waals surface area (Å²) < 4.78 is 0. The maximum absolute atomic E-state index is 11.2. The van der Waals surface area contributed by atoms with Crippen molar-refractivity contribution in [3.63, 3.8) is 0 Å². The molecule has 16 heavy (non-hydrogen) atoms. The Morgan fingerprint density at radius 1 is 1.44 bits per heavy atom. The molecule has 1 aliphatic rings. The van der Waals surface area contributed by atoms with Crippen LogP contribution in [-0.2, 0) is 4.79 Å². The minimum absolute atomic E-state index is 0.129. The first-order valence-electron chi connectivity index (χ1n) is 6.72. The highest BCUT2D eigenvalue weighted by molar-refractivity contribution is 5.73. The van der Waals surface area contributed by atoms with Crippen LogP contribution in [0.2, 0.25) is 0 Å². The second kappa shape index (κ2) is 5.70. The fourth-order valence-corrected chi connectivity index (χ4v) is 2.88. The molecule has 0 aromatic heterocycles. The number of carbonyl (C=O) groups is 1. The lowest BCUT2D eigenvalue weighted by atomic mass is 9.69. The average molecular weight is 225 g/mol. The Hall–Kier alpha value is -0.530. The maximum Gasteiger partial charge on any atom is 0.217 e. The van der Waals surface area contributed by atoms with E-state index in [4.69, 9.17) is 0 Å². The van der Waals surface area contributed by atoms with E-state index in [9.17, 15) is 4.79 Å². The number of hydrogen-bond donors (Lipinski definition) is 1. The number of unbranched alkanes of at least 4 members (excludes halogenated alkanes) is 1. The minimum Gasteiger partial charge on any atom is -0.353 e. The summed E-state index contributed by atoms with van der Waals surface area (Å²) in [5.74, 6) is 0.834. The summed E-state index contributed by atoms with van der Waals surface area (Å²) in [6.45, 7) is 8.51. The van der Waals surface area contributed by atoms with Gasteiger partial charge in [0, 0.05) is 13.0 Å². The van der Waals surface area contributed by atoms with Gasteiger partial charge in [0.25, 0.3) is 0 Å². The summed E-state index contributed by atoms with van der Waals surface area (Å²) in [7, 11) is 0. The molecule has 0 saturated heterocycles. The fraction of sp³-hybridized carbons (Fsp3) is 0.929. The van der Waals surface area contributed by atoms with Gasteiger partial charge in [-0.3, -0.25) is 4.79 Å². The molecule has 2 atom stereocenters. The summed E-state index contributed by atoms with van der Waals surface area (Å²) in [5.41, 5.74) is 0.399. The SMILES string of the molecule is CCCCC1CCC(C)(C)CC1NC(C)=O. The van der Waals surface area contributed by atoms with E-state index < -0.39 is 0 Å². The highest BCUT2D eigenvalue weighted by Crippen LogP contribution is 2.40. The molecule has 1 amide bonds. The van der Waals surface area contributed by atoms with Gasteiger partial charge < -0.3 is 5.32 Å². The lowest BCUT2D eigenvalue weighted by Crippen LogP contribution is -2.45. The molecule has 0 aromatic rings. The molecule has 1 aliphatic carbocycles. The van der Waals surface area contributed by atoms with E-state index >= 15 is 0 Å². The lowest BCUT2D eigenvalue weighted by molar-refractivity contribution is -0.120. The van der Waals surface area contributed by atoms with Crippen molar-refractivity contribution < 1.29 is 4.79 Å². The quantitative estimate of drug-likeness (QED) is 0.779. The molecule has 2 heteroatoms. The van der Waals surface area contributed by atoms with Crippen LogP contribution < -0.4 is 5.32 Å². The van der Waals surface area contributed by atoms with Crippen LogP contribution in [0.4, 0.5) is 0 Å². The average Bonchev–Trinajstić information content (AvgIpc) is 2.14. The molecule has 0 bridgehead atoms. The first-order valence-corrected chi connectivity index (χ1v) is 6.72. The van der Waals surface area contributed by atoms with E-state index in [0.29, 0.717) is 17.4 Å². The summed E-state index contributed by atoms with van der Waals surface area (Å²) in [6, 6.07) is 0.410. The van der Waals surface area contributed by atoms with Gasteiger partial charge in [0.15, 0.2) is 0 Å². The summed E-state index contributed by atoms with van der Waals surface area (Å²) >= 11 is 0. The maximum atomic E-state index is 11.2. The molecule has 0 aliphatic heterocycles. The second-order valence-corrected chi connectivity index (χ2v) is 6.12. The Kier molecular flexibility index (Phi) is 4.82. The van der Waals surface area contributed by atoms with Crippen LogP contribution in [-0.4, -0.2) is 11.9 Å². The van der Waals surface area contributed by atoms with Crippen LogP contribution in [0.25, 0.3) is 0 Å². The largest absolute Gasteiger partial charge is 0.353 e. The third-order valence-corrected chi connectivity index (χ3v) is 3.85. The van der Waals surface area contributed by atoms with Crippen molar-refractivity contribution >= 4 is 5.91 Å². The van der Waals surface area contributed by atoms with Gasteiger partial charge in [-0.2, -0.15) is 0 Å². The number of amides is 1. The molecule has 0 radical (unpaired) electrons. The molecule has 1 rings (SSSR count). The third-order valence-electron chi connectivity index (χ3n) is 3.85. The Morgan fingerprint density at radius 3 is 2.69 bits per heavy atom. The molecule has 2 nitrogen and oxygen atoms in total. The summed E-state index contributed by atoms with van der Waals surface area (Å²) in [4.78, 5) is 11.2. The zero-order valence-corrected chi connectivity index (χ0v) is 11.3. The first kappa shape index (κ1) is 13.5. The van der Waals surface area contributed by atoms with Crippen molar-refractivity contribution in [2.75, 3.05) is 0 Å². The van der Waals surface area contributed by atoms with E-state index in [-0.39, 0.29) is 5.91 Å². The van der Waals surface area contributed by atoms with Crippen molar-refractivity contribution in [1.82, 2.24) is 5.32 Å². The van der Waals surface area contributed by atoms with Gasteiger partial charge in [0.2, 0.25) is 5.91 Å². The molecular weight excluding hydrogens is 198 g/mol. The Balaban J connectivity index is 2.56. The fourth-order valence-electron chi connectivity index (χ4n) is 2.88. The number of rotatable bonds is 4. The highest BCUT2D eigenvalue weighted by atomic mass is 16.1. The van der Waals surface area contributed by atoms with Crippen LogP contribution in [0, 0.1) is 11.3 Å². The highest BCUT2D eigenvalue weighted by Gasteiger charge is 2.34. The molecule has 1 fully saturated rings. The van der Waals surface area contributed by atoms with Crippen molar-refractivity contribution in [1.29, 1.82) is 0 Å². The second-order valence-electron chi connectivity index (χ2n) is 6.12. The van der Waals surface area contributed by atoms with Crippen LogP contribution in [0.3, 0.4) is 0 Å². The lowest BCUT2D eigenvalue weighted by Gasteiger charge is -2.41. The van der Waals surface area contributed by atoms with Gasteiger partial charge in [-0.15, -0.1) is 0 Å². The molecule has 1 saturated carbocycles. The van der Waals surface area contributed by atoms with Crippen molar-refractivity contribution in [2.24, 2.45) is 11.3 Å². The van der Waals surface area contributed by atoms with Crippen molar-refractivity contribution in [2.45, 2.75) is 72.3 Å². The molecule has 0 spiro atoms. The summed E-state index contributed by atoms with van der Waals surface area (Å²) in [5, 5.41) is 3.16. The van der Waals surface area contributed by atoms with Crippen LogP contribution in [0.15, 0.2) is 0 Å². The normalized spacial score (nSPS) is 28.8. The van der Waals surface area contributed by atoms with Gasteiger partial charge in [-0.25, -0.2) is 0 Å². The molecule has 94 valence electrons. The van der Waals surface area contributed by atoms with E-state index in [1.165, 1.54) is 32.1 Å². The predicted octanol–water partition coefficient (Wildman–Crippen LogP) is 3.51. The van der Waals surface area contributed by atoms with Crippen molar-refractivity contribution in [3.8, 4) is 0 Å². The standard InChI is InChI=1S/C14H27NO/c1-5-6-7-12-8-9-14(3,4)10-13(12)15-11(2)16/h12-13H,5-10H2,1-4H3,(H,15,16). The summed E-state index contributed by atoms with van der Waals surface area (Å²) in [6.07, 6.45) is 7.54. The molecule has 2 unspecified atom stereocenters. The smallest absolute Gasteiger partial charge is 0.217 e. The molecule has 0 heterocycles. The molecular formula is C14H27NO. The van der Waals surface area contributed by atoms with Gasteiger partial charge in [0.1, 0.15) is 0 Å². The number of carbonyl (C=O) groups excluding carboxylic acids is 1. The van der Waals surface area contributed by atoms with E-state index in [0.717, 1.165) is 6.42 Å². The van der Waals surface area contributed by atoms with Gasteiger partial charge in [0.05, 0.1) is 0 Å². The number of nitrogens with one attached hydrogen (secondary N) is 1. The van der Waals surface area contributed by atoms with Crippen molar-refractivity contribution in [3.05, 3.63) is 0 Å². The predicted molar refractivity (Wildman–Crippen MR) is 68.3 cm³/mol. The zero-order valence-electron chi connectivity index (χ0n) is 11.3. The van der Waals surface area contributed by atoms with Crippen LogP contribution in [0.5, 0.6) is 0 Å². The van der Waals surface area contributed by atoms with Gasteiger partial charge >= 0.3 is 0 Å². The topological polar surface area (TPSA) is 29.1 Å². The first-order chi connectivity index (χ1) is 7.44. The number of hydrogen-bond acceptors (Lipinski definition) is 1. The Bertz CT molecular complexity index is 235. The van der Waals surface area contributed by atoms with E-state index in [1.54, 1.807) is 6.92 Å². The van der Waals surface area contributed by atoms with Crippen LogP contribution in [0.1, 0.15) is 66.2 Å². The zero-order chi connectivity index (χ0) is 12.2. The van der Waals surface area contributed by atoms with E-state index in [2.05, 4.69) is 26.1 Å². The van der Waals surface area contributed by atoms with Gasteiger partial charge in [-0.05, 0) is 37.0 Å².